The monoisotopic (exact) mass is 239 g/mol. The van der Waals surface area contributed by atoms with E-state index in [1.54, 1.807) is 11.3 Å². The Morgan fingerprint density at radius 3 is 3.12 bits per heavy atom. The van der Waals surface area contributed by atoms with Crippen LogP contribution in [-0.2, 0) is 11.3 Å². The first-order valence-corrected chi connectivity index (χ1v) is 6.32. The van der Waals surface area contributed by atoms with Crippen LogP contribution in [0.15, 0.2) is 6.20 Å². The summed E-state index contributed by atoms with van der Waals surface area (Å²) in [6.07, 6.45) is 2.75. The number of carbonyl (C=O) groups is 1. The number of hydrogen-bond acceptors (Lipinski definition) is 4. The summed E-state index contributed by atoms with van der Waals surface area (Å²) in [7, 11) is 0. The summed E-state index contributed by atoms with van der Waals surface area (Å²) in [4.78, 5) is 17.4. The van der Waals surface area contributed by atoms with Crippen LogP contribution in [0.1, 0.15) is 23.2 Å². The third-order valence-corrected chi connectivity index (χ3v) is 3.90. The first-order chi connectivity index (χ1) is 7.60. The van der Waals surface area contributed by atoms with E-state index in [2.05, 4.69) is 15.6 Å². The highest BCUT2D eigenvalue weighted by Gasteiger charge is 2.35. The number of aryl methyl sites for hydroxylation is 1. The zero-order valence-corrected chi connectivity index (χ0v) is 10.5. The van der Waals surface area contributed by atoms with Gasteiger partial charge in [0.2, 0.25) is 5.91 Å². The minimum atomic E-state index is -0.244. The van der Waals surface area contributed by atoms with Gasteiger partial charge in [0.05, 0.1) is 12.0 Å². The summed E-state index contributed by atoms with van der Waals surface area (Å²) in [5, 5.41) is 7.16. The minimum Gasteiger partial charge on any atom is -0.349 e. The first kappa shape index (κ1) is 11.5. The average molecular weight is 239 g/mol. The topological polar surface area (TPSA) is 54.0 Å². The van der Waals surface area contributed by atoms with Gasteiger partial charge in [-0.1, -0.05) is 0 Å². The van der Waals surface area contributed by atoms with Crippen LogP contribution in [0.5, 0.6) is 0 Å². The molecule has 0 aliphatic carbocycles. The van der Waals surface area contributed by atoms with Crippen molar-refractivity contribution in [2.24, 2.45) is 5.41 Å². The van der Waals surface area contributed by atoms with Gasteiger partial charge in [-0.25, -0.2) is 4.98 Å². The molecular weight excluding hydrogens is 222 g/mol. The maximum Gasteiger partial charge on any atom is 0.227 e. The lowest BCUT2D eigenvalue weighted by Gasteiger charge is -2.20. The summed E-state index contributed by atoms with van der Waals surface area (Å²) in [6, 6.07) is 0. The third-order valence-electron chi connectivity index (χ3n) is 2.99. The molecule has 16 heavy (non-hydrogen) atoms. The largest absolute Gasteiger partial charge is 0.349 e. The standard InChI is InChI=1S/C11H17N3OS/c1-8-5-13-9(16-8)6-14-10(15)11(2)3-4-12-7-11/h5,12H,3-4,6-7H2,1-2H3,(H,14,15). The predicted octanol–water partition coefficient (Wildman–Crippen LogP) is 1.07. The van der Waals surface area contributed by atoms with Crippen molar-refractivity contribution in [2.45, 2.75) is 26.8 Å². The molecule has 2 rings (SSSR count). The normalized spacial score (nSPS) is 24.6. The number of nitrogens with zero attached hydrogens (tertiary/aromatic N) is 1. The van der Waals surface area contributed by atoms with Gasteiger partial charge in [-0.05, 0) is 26.8 Å². The molecule has 1 saturated heterocycles. The summed E-state index contributed by atoms with van der Waals surface area (Å²) >= 11 is 1.63. The molecule has 1 unspecified atom stereocenters. The summed E-state index contributed by atoms with van der Waals surface area (Å²) in [5.74, 6) is 0.130. The van der Waals surface area contributed by atoms with Crippen molar-refractivity contribution in [3.05, 3.63) is 16.1 Å². The lowest BCUT2D eigenvalue weighted by atomic mass is 9.89. The predicted molar refractivity (Wildman–Crippen MR) is 64.3 cm³/mol. The van der Waals surface area contributed by atoms with E-state index >= 15 is 0 Å². The molecule has 1 amide bonds. The van der Waals surface area contributed by atoms with E-state index in [1.807, 2.05) is 20.0 Å². The number of aromatic nitrogens is 1. The minimum absolute atomic E-state index is 0.130. The number of thiazole rings is 1. The Kier molecular flexibility index (Phi) is 3.25. The van der Waals surface area contributed by atoms with E-state index in [4.69, 9.17) is 0 Å². The van der Waals surface area contributed by atoms with Crippen molar-refractivity contribution in [2.75, 3.05) is 13.1 Å². The fourth-order valence-electron chi connectivity index (χ4n) is 1.86. The molecule has 0 saturated carbocycles. The maximum atomic E-state index is 12.0. The zero-order valence-electron chi connectivity index (χ0n) is 9.67. The van der Waals surface area contributed by atoms with Crippen molar-refractivity contribution < 1.29 is 4.79 Å². The summed E-state index contributed by atoms with van der Waals surface area (Å²) < 4.78 is 0. The van der Waals surface area contributed by atoms with Crippen molar-refractivity contribution in [3.8, 4) is 0 Å². The molecular formula is C11H17N3OS. The van der Waals surface area contributed by atoms with Crippen LogP contribution in [0.3, 0.4) is 0 Å². The molecule has 1 atom stereocenters. The molecule has 2 N–H and O–H groups in total. The van der Waals surface area contributed by atoms with Gasteiger partial charge in [-0.2, -0.15) is 0 Å². The van der Waals surface area contributed by atoms with Crippen molar-refractivity contribution >= 4 is 17.2 Å². The highest BCUT2D eigenvalue weighted by molar-refractivity contribution is 7.11. The summed E-state index contributed by atoms with van der Waals surface area (Å²) in [6.45, 7) is 6.28. The number of hydrogen-bond donors (Lipinski definition) is 2. The molecule has 1 fully saturated rings. The molecule has 1 aliphatic heterocycles. The Balaban J connectivity index is 1.88. The lowest BCUT2D eigenvalue weighted by molar-refractivity contribution is -0.129. The van der Waals surface area contributed by atoms with E-state index in [-0.39, 0.29) is 11.3 Å². The van der Waals surface area contributed by atoms with E-state index < -0.39 is 0 Å². The van der Waals surface area contributed by atoms with Gasteiger partial charge in [0.25, 0.3) is 0 Å². The second kappa shape index (κ2) is 4.51. The van der Waals surface area contributed by atoms with Crippen LogP contribution in [0.25, 0.3) is 0 Å². The SMILES string of the molecule is Cc1cnc(CNC(=O)C2(C)CCNC2)s1. The molecule has 2 heterocycles. The number of rotatable bonds is 3. The Labute approximate surface area is 99.5 Å². The van der Waals surface area contributed by atoms with Gasteiger partial charge in [-0.3, -0.25) is 4.79 Å². The van der Waals surface area contributed by atoms with Gasteiger partial charge in [0, 0.05) is 17.6 Å². The smallest absolute Gasteiger partial charge is 0.227 e. The lowest BCUT2D eigenvalue weighted by Crippen LogP contribution is -2.39. The van der Waals surface area contributed by atoms with Crippen molar-refractivity contribution in [1.82, 2.24) is 15.6 Å². The zero-order chi connectivity index (χ0) is 11.6. The van der Waals surface area contributed by atoms with Crippen molar-refractivity contribution in [1.29, 1.82) is 0 Å². The molecule has 0 bridgehead atoms. The Morgan fingerprint density at radius 2 is 2.56 bits per heavy atom. The second-order valence-corrected chi connectivity index (χ2v) is 5.85. The van der Waals surface area contributed by atoms with Gasteiger partial charge < -0.3 is 10.6 Å². The highest BCUT2D eigenvalue weighted by atomic mass is 32.1. The maximum absolute atomic E-state index is 12.0. The van der Waals surface area contributed by atoms with Crippen LogP contribution in [0, 0.1) is 12.3 Å². The fourth-order valence-corrected chi connectivity index (χ4v) is 2.59. The molecule has 4 nitrogen and oxygen atoms in total. The first-order valence-electron chi connectivity index (χ1n) is 5.50. The summed E-state index contributed by atoms with van der Waals surface area (Å²) in [5.41, 5.74) is -0.244. The number of carbonyl (C=O) groups excluding carboxylic acids is 1. The molecule has 0 radical (unpaired) electrons. The third kappa shape index (κ3) is 2.41. The fraction of sp³-hybridized carbons (Fsp3) is 0.636. The van der Waals surface area contributed by atoms with Gasteiger partial charge >= 0.3 is 0 Å². The molecule has 0 spiro atoms. The average Bonchev–Trinajstić information content (AvgIpc) is 2.85. The Hall–Kier alpha value is -0.940. The van der Waals surface area contributed by atoms with Crippen LogP contribution < -0.4 is 10.6 Å². The van der Waals surface area contributed by atoms with Crippen LogP contribution >= 0.6 is 11.3 Å². The van der Waals surface area contributed by atoms with Crippen LogP contribution in [0.2, 0.25) is 0 Å². The Bertz CT molecular complexity index is 382. The van der Waals surface area contributed by atoms with E-state index in [0.29, 0.717) is 6.54 Å². The Morgan fingerprint density at radius 1 is 1.75 bits per heavy atom. The van der Waals surface area contributed by atoms with Gasteiger partial charge in [-0.15, -0.1) is 11.3 Å². The molecule has 88 valence electrons. The number of amides is 1. The van der Waals surface area contributed by atoms with Gasteiger partial charge in [0.1, 0.15) is 5.01 Å². The number of nitrogens with one attached hydrogen (secondary N) is 2. The molecule has 0 aromatic carbocycles. The second-order valence-electron chi connectivity index (χ2n) is 4.53. The molecule has 1 aromatic heterocycles. The van der Waals surface area contributed by atoms with Gasteiger partial charge in [0.15, 0.2) is 0 Å². The van der Waals surface area contributed by atoms with E-state index in [0.717, 1.165) is 24.5 Å². The van der Waals surface area contributed by atoms with Crippen LogP contribution in [0.4, 0.5) is 0 Å². The van der Waals surface area contributed by atoms with E-state index in [1.165, 1.54) is 4.88 Å². The molecule has 1 aliphatic rings. The quantitative estimate of drug-likeness (QED) is 0.829. The molecule has 5 heteroatoms. The highest BCUT2D eigenvalue weighted by Crippen LogP contribution is 2.24. The van der Waals surface area contributed by atoms with E-state index in [9.17, 15) is 4.79 Å². The molecule has 1 aromatic rings. The van der Waals surface area contributed by atoms with Crippen molar-refractivity contribution in [3.63, 3.8) is 0 Å². The van der Waals surface area contributed by atoms with Crippen LogP contribution in [-0.4, -0.2) is 24.0 Å².